The second-order valence-electron chi connectivity index (χ2n) is 7.24. The Bertz CT molecular complexity index is 772. The molecule has 2 aliphatic rings. The lowest BCUT2D eigenvalue weighted by atomic mass is 10.2. The second-order valence-corrected chi connectivity index (χ2v) is 8.92. The summed E-state index contributed by atoms with van der Waals surface area (Å²) in [5.41, 5.74) is 1.34. The van der Waals surface area contributed by atoms with E-state index < -0.39 is 0 Å². The third-order valence-corrected chi connectivity index (χ3v) is 6.80. The van der Waals surface area contributed by atoms with E-state index in [0.29, 0.717) is 11.7 Å². The van der Waals surface area contributed by atoms with Crippen LogP contribution in [0.1, 0.15) is 18.4 Å². The van der Waals surface area contributed by atoms with Crippen molar-refractivity contribution < 1.29 is 9.59 Å². The van der Waals surface area contributed by atoms with Gasteiger partial charge in [-0.25, -0.2) is 4.98 Å². The average Bonchev–Trinajstić information content (AvgIpc) is 3.45. The molecule has 0 radical (unpaired) electrons. The van der Waals surface area contributed by atoms with Crippen LogP contribution < -0.4 is 5.32 Å². The minimum absolute atomic E-state index is 0.0548. The number of piperazine rings is 1. The molecule has 2 aliphatic heterocycles. The first-order chi connectivity index (χ1) is 13.7. The molecule has 0 spiro atoms. The van der Waals surface area contributed by atoms with Crippen molar-refractivity contribution in [3.8, 4) is 0 Å². The Morgan fingerprint density at radius 1 is 1.18 bits per heavy atom. The molecule has 0 bridgehead atoms. The van der Waals surface area contributed by atoms with Crippen molar-refractivity contribution in [1.29, 1.82) is 0 Å². The molecular formula is C19H25N5O2S2. The first-order valence-corrected chi connectivity index (χ1v) is 11.5. The summed E-state index contributed by atoms with van der Waals surface area (Å²) in [5, 5.41) is 9.61. The van der Waals surface area contributed by atoms with Crippen molar-refractivity contribution in [2.45, 2.75) is 25.4 Å². The Kier molecular flexibility index (Phi) is 6.36. The van der Waals surface area contributed by atoms with Crippen LogP contribution in [0.4, 0.5) is 5.13 Å². The van der Waals surface area contributed by atoms with Crippen LogP contribution in [0.3, 0.4) is 0 Å². The van der Waals surface area contributed by atoms with Crippen molar-refractivity contribution in [1.82, 2.24) is 19.7 Å². The number of likely N-dealkylation sites (tertiary alicyclic amines) is 1. The largest absolute Gasteiger partial charge is 0.339 e. The van der Waals surface area contributed by atoms with Crippen LogP contribution in [0.25, 0.3) is 0 Å². The van der Waals surface area contributed by atoms with Gasteiger partial charge in [-0.15, -0.1) is 11.3 Å². The molecule has 2 amide bonds. The van der Waals surface area contributed by atoms with Gasteiger partial charge < -0.3 is 10.2 Å². The number of carbonyl (C=O) groups is 2. The number of amides is 2. The van der Waals surface area contributed by atoms with Gasteiger partial charge in [0.2, 0.25) is 11.8 Å². The van der Waals surface area contributed by atoms with Gasteiger partial charge in [0.15, 0.2) is 5.13 Å². The molecule has 2 fully saturated rings. The summed E-state index contributed by atoms with van der Waals surface area (Å²) < 4.78 is 0. The summed E-state index contributed by atoms with van der Waals surface area (Å²) in [6.07, 6.45) is 3.41. The number of thiophene rings is 1. The van der Waals surface area contributed by atoms with E-state index in [0.717, 1.165) is 52.1 Å². The van der Waals surface area contributed by atoms with Gasteiger partial charge in [0.1, 0.15) is 0 Å². The standard InChI is InChI=1S/C19H25N5O2S2/c25-17(23-8-6-22(7-9-23)12-15-3-10-27-14-15)13-24-5-1-2-16(24)18(26)21-19-20-4-11-28-19/h3-4,10-11,14,16H,1-2,5-9,12-13H2,(H,20,21,26). The van der Waals surface area contributed by atoms with Crippen molar-refractivity contribution >= 4 is 39.6 Å². The summed E-state index contributed by atoms with van der Waals surface area (Å²) in [5.74, 6) is 0.0740. The zero-order valence-corrected chi connectivity index (χ0v) is 17.4. The molecule has 7 nitrogen and oxygen atoms in total. The number of hydrogen-bond donors (Lipinski definition) is 1. The Morgan fingerprint density at radius 2 is 2.04 bits per heavy atom. The third kappa shape index (κ3) is 4.78. The van der Waals surface area contributed by atoms with E-state index in [1.165, 1.54) is 16.9 Å². The molecule has 0 aliphatic carbocycles. The molecule has 9 heteroatoms. The van der Waals surface area contributed by atoms with Gasteiger partial charge in [-0.05, 0) is 41.8 Å². The van der Waals surface area contributed by atoms with Gasteiger partial charge in [0.05, 0.1) is 12.6 Å². The highest BCUT2D eigenvalue weighted by Crippen LogP contribution is 2.20. The van der Waals surface area contributed by atoms with Crippen LogP contribution in [0, 0.1) is 0 Å². The fourth-order valence-electron chi connectivity index (χ4n) is 3.86. The maximum Gasteiger partial charge on any atom is 0.243 e. The Balaban J connectivity index is 1.25. The number of rotatable bonds is 6. The molecule has 1 N–H and O–H groups in total. The van der Waals surface area contributed by atoms with Gasteiger partial charge in [0.25, 0.3) is 0 Å². The van der Waals surface area contributed by atoms with Crippen LogP contribution in [-0.4, -0.2) is 76.8 Å². The summed E-state index contributed by atoms with van der Waals surface area (Å²) in [6, 6.07) is 1.92. The highest BCUT2D eigenvalue weighted by Gasteiger charge is 2.33. The van der Waals surface area contributed by atoms with E-state index >= 15 is 0 Å². The van der Waals surface area contributed by atoms with Gasteiger partial charge in [-0.1, -0.05) is 0 Å². The zero-order valence-electron chi connectivity index (χ0n) is 15.7. The molecule has 150 valence electrons. The summed E-state index contributed by atoms with van der Waals surface area (Å²) in [7, 11) is 0. The average molecular weight is 420 g/mol. The topological polar surface area (TPSA) is 68.8 Å². The number of anilines is 1. The first-order valence-electron chi connectivity index (χ1n) is 9.64. The Morgan fingerprint density at radius 3 is 2.75 bits per heavy atom. The lowest BCUT2D eigenvalue weighted by Crippen LogP contribution is -2.52. The zero-order chi connectivity index (χ0) is 19.3. The summed E-state index contributed by atoms with van der Waals surface area (Å²) >= 11 is 3.13. The molecule has 2 aromatic heterocycles. The maximum atomic E-state index is 12.8. The van der Waals surface area contributed by atoms with E-state index in [-0.39, 0.29) is 17.9 Å². The molecule has 4 rings (SSSR count). The predicted octanol–water partition coefficient (Wildman–Crippen LogP) is 1.95. The predicted molar refractivity (Wildman–Crippen MR) is 112 cm³/mol. The van der Waals surface area contributed by atoms with Crippen LogP contribution in [-0.2, 0) is 16.1 Å². The third-order valence-electron chi connectivity index (χ3n) is 5.38. The van der Waals surface area contributed by atoms with Crippen LogP contribution in [0.5, 0.6) is 0 Å². The van der Waals surface area contributed by atoms with Crippen molar-refractivity contribution in [3.63, 3.8) is 0 Å². The lowest BCUT2D eigenvalue weighted by molar-refractivity contribution is -0.135. The quantitative estimate of drug-likeness (QED) is 0.775. The number of nitrogens with zero attached hydrogens (tertiary/aromatic N) is 4. The normalized spacial score (nSPS) is 21.1. The van der Waals surface area contributed by atoms with E-state index in [2.05, 4.69) is 32.0 Å². The highest BCUT2D eigenvalue weighted by atomic mass is 32.1. The van der Waals surface area contributed by atoms with Crippen LogP contribution in [0.2, 0.25) is 0 Å². The SMILES string of the molecule is O=C(Nc1nccs1)C1CCCN1CC(=O)N1CCN(Cc2ccsc2)CC1. The van der Waals surface area contributed by atoms with E-state index in [1.807, 2.05) is 15.2 Å². The monoisotopic (exact) mass is 419 g/mol. The maximum absolute atomic E-state index is 12.8. The lowest BCUT2D eigenvalue weighted by Gasteiger charge is -2.35. The first kappa shape index (κ1) is 19.5. The van der Waals surface area contributed by atoms with Crippen LogP contribution in [0.15, 0.2) is 28.4 Å². The van der Waals surface area contributed by atoms with Crippen molar-refractivity contribution in [2.24, 2.45) is 0 Å². The molecular weight excluding hydrogens is 394 g/mol. The minimum Gasteiger partial charge on any atom is -0.339 e. The molecule has 0 aromatic carbocycles. The summed E-state index contributed by atoms with van der Waals surface area (Å²) in [6.45, 7) is 5.38. The van der Waals surface area contributed by atoms with Gasteiger partial charge in [-0.3, -0.25) is 19.4 Å². The number of carbonyl (C=O) groups excluding carboxylic acids is 2. The summed E-state index contributed by atoms with van der Waals surface area (Å²) in [4.78, 5) is 35.8. The number of hydrogen-bond acceptors (Lipinski definition) is 7. The highest BCUT2D eigenvalue weighted by molar-refractivity contribution is 7.13. The number of thiazole rings is 1. The van der Waals surface area contributed by atoms with Crippen molar-refractivity contribution in [3.05, 3.63) is 34.0 Å². The molecule has 28 heavy (non-hydrogen) atoms. The van der Waals surface area contributed by atoms with Crippen molar-refractivity contribution in [2.75, 3.05) is 44.6 Å². The van der Waals surface area contributed by atoms with E-state index in [1.54, 1.807) is 17.5 Å². The van der Waals surface area contributed by atoms with Gasteiger partial charge >= 0.3 is 0 Å². The fraction of sp³-hybridized carbons (Fsp3) is 0.526. The number of nitrogens with one attached hydrogen (secondary N) is 1. The Hall–Kier alpha value is -1.81. The van der Waals surface area contributed by atoms with E-state index in [9.17, 15) is 9.59 Å². The van der Waals surface area contributed by atoms with E-state index in [4.69, 9.17) is 0 Å². The van der Waals surface area contributed by atoms with Gasteiger partial charge in [-0.2, -0.15) is 11.3 Å². The number of aromatic nitrogens is 1. The molecule has 2 aromatic rings. The van der Waals surface area contributed by atoms with Crippen LogP contribution >= 0.6 is 22.7 Å². The molecule has 1 atom stereocenters. The molecule has 0 saturated carbocycles. The molecule has 4 heterocycles. The smallest absolute Gasteiger partial charge is 0.243 e. The Labute approximate surface area is 173 Å². The minimum atomic E-state index is -0.243. The second kappa shape index (κ2) is 9.13. The molecule has 1 unspecified atom stereocenters. The molecule has 2 saturated heterocycles. The fourth-order valence-corrected chi connectivity index (χ4v) is 5.05. The van der Waals surface area contributed by atoms with Gasteiger partial charge in [0, 0.05) is 44.3 Å².